The van der Waals surface area contributed by atoms with E-state index in [4.69, 9.17) is 5.11 Å². The molecule has 0 fully saturated rings. The van der Waals surface area contributed by atoms with Crippen LogP contribution in [0.3, 0.4) is 0 Å². The molecular weight excluding hydrogens is 317 g/mol. The summed E-state index contributed by atoms with van der Waals surface area (Å²) in [5.41, 5.74) is 1.56. The number of carboxylic acids is 1. The number of carbonyl (C=O) groups excluding carboxylic acids is 1. The molecule has 0 bridgehead atoms. The number of carboxylic acid groups (broad SMARTS) is 1. The molecule has 120 valence electrons. The second-order valence-electron chi connectivity index (χ2n) is 5.11. The molecule has 0 aliphatic carbocycles. The van der Waals surface area contributed by atoms with Crippen molar-refractivity contribution < 1.29 is 24.7 Å². The zero-order valence-electron chi connectivity index (χ0n) is 12.2. The van der Waals surface area contributed by atoms with Gasteiger partial charge in [-0.2, -0.15) is 11.3 Å². The van der Waals surface area contributed by atoms with Crippen LogP contribution in [-0.4, -0.2) is 40.1 Å². The molecule has 1 atom stereocenters. The summed E-state index contributed by atoms with van der Waals surface area (Å²) in [6.45, 7) is 0. The largest absolute Gasteiger partial charge is 0.478 e. The second kappa shape index (κ2) is 7.91. The van der Waals surface area contributed by atoms with Crippen LogP contribution >= 0.6 is 11.3 Å². The van der Waals surface area contributed by atoms with Crippen molar-refractivity contribution in [3.8, 4) is 0 Å². The number of hydrogen-bond donors (Lipinski definition) is 4. The van der Waals surface area contributed by atoms with E-state index in [0.29, 0.717) is 5.56 Å². The molecule has 0 spiro atoms. The zero-order chi connectivity index (χ0) is 16.8. The molecule has 2 aromatic rings. The molecular formula is C15H16BNO5S. The van der Waals surface area contributed by atoms with E-state index in [-0.39, 0.29) is 24.3 Å². The molecule has 6 nitrogen and oxygen atoms in total. The molecule has 0 saturated carbocycles. The molecule has 0 saturated heterocycles. The van der Waals surface area contributed by atoms with Gasteiger partial charge >= 0.3 is 13.1 Å². The highest BCUT2D eigenvalue weighted by atomic mass is 32.1. The molecule has 1 heterocycles. The van der Waals surface area contributed by atoms with Gasteiger partial charge in [0.2, 0.25) is 5.91 Å². The maximum Gasteiger partial charge on any atom is 0.475 e. The van der Waals surface area contributed by atoms with Gasteiger partial charge in [0.25, 0.3) is 0 Å². The van der Waals surface area contributed by atoms with Crippen molar-refractivity contribution in [1.29, 1.82) is 0 Å². The summed E-state index contributed by atoms with van der Waals surface area (Å²) in [5.74, 6) is -2.30. The van der Waals surface area contributed by atoms with E-state index >= 15 is 0 Å². The molecule has 1 amide bonds. The fraction of sp³-hybridized carbons (Fsp3) is 0.200. The van der Waals surface area contributed by atoms with Crippen LogP contribution in [0.1, 0.15) is 21.5 Å². The van der Waals surface area contributed by atoms with Crippen LogP contribution in [0, 0.1) is 0 Å². The first kappa shape index (κ1) is 17.2. The molecule has 1 unspecified atom stereocenters. The van der Waals surface area contributed by atoms with E-state index in [0.717, 1.165) is 5.56 Å². The van der Waals surface area contributed by atoms with E-state index in [2.05, 4.69) is 5.32 Å². The van der Waals surface area contributed by atoms with Gasteiger partial charge in [-0.05, 0) is 46.5 Å². The number of benzene rings is 1. The lowest BCUT2D eigenvalue weighted by molar-refractivity contribution is -0.120. The van der Waals surface area contributed by atoms with Gasteiger partial charge in [-0.15, -0.1) is 0 Å². The van der Waals surface area contributed by atoms with Gasteiger partial charge < -0.3 is 20.5 Å². The zero-order valence-corrected chi connectivity index (χ0v) is 13.0. The van der Waals surface area contributed by atoms with Crippen molar-refractivity contribution in [3.05, 3.63) is 57.8 Å². The van der Waals surface area contributed by atoms with Crippen LogP contribution in [0.5, 0.6) is 0 Å². The molecule has 1 aromatic carbocycles. The third kappa shape index (κ3) is 5.20. The Bertz CT molecular complexity index is 674. The standard InChI is InChI=1S/C15H16BNO5S/c18-14(8-11-4-5-23-9-11)17-13(16(21)22)7-10-2-1-3-12(6-10)15(19)20/h1-6,9,13,21-22H,7-8H2,(H,17,18)(H,19,20). The third-order valence-electron chi connectivity index (χ3n) is 3.28. The highest BCUT2D eigenvalue weighted by Gasteiger charge is 2.25. The monoisotopic (exact) mass is 333 g/mol. The van der Waals surface area contributed by atoms with Gasteiger partial charge in [-0.3, -0.25) is 4.79 Å². The Kier molecular flexibility index (Phi) is 5.92. The van der Waals surface area contributed by atoms with E-state index < -0.39 is 19.0 Å². The van der Waals surface area contributed by atoms with Crippen LogP contribution in [0.25, 0.3) is 0 Å². The lowest BCUT2D eigenvalue weighted by atomic mass is 9.75. The number of aromatic carboxylic acids is 1. The number of nitrogens with one attached hydrogen (secondary N) is 1. The summed E-state index contributed by atoms with van der Waals surface area (Å²) < 4.78 is 0. The number of amides is 1. The highest BCUT2D eigenvalue weighted by Crippen LogP contribution is 2.10. The van der Waals surface area contributed by atoms with Crippen molar-refractivity contribution in [2.75, 3.05) is 0 Å². The second-order valence-corrected chi connectivity index (χ2v) is 5.89. The first-order valence-corrected chi connectivity index (χ1v) is 7.89. The molecule has 23 heavy (non-hydrogen) atoms. The van der Waals surface area contributed by atoms with Crippen LogP contribution in [0.15, 0.2) is 41.1 Å². The Morgan fingerprint density at radius 2 is 2.00 bits per heavy atom. The van der Waals surface area contributed by atoms with Crippen molar-refractivity contribution in [1.82, 2.24) is 5.32 Å². The van der Waals surface area contributed by atoms with E-state index in [1.807, 2.05) is 16.8 Å². The predicted molar refractivity (Wildman–Crippen MR) is 87.3 cm³/mol. The molecule has 8 heteroatoms. The summed E-state index contributed by atoms with van der Waals surface area (Å²) >= 11 is 1.48. The lowest BCUT2D eigenvalue weighted by Crippen LogP contribution is -2.48. The first-order chi connectivity index (χ1) is 11.0. The summed E-state index contributed by atoms with van der Waals surface area (Å²) in [4.78, 5) is 22.9. The van der Waals surface area contributed by atoms with Crippen molar-refractivity contribution in [2.24, 2.45) is 0 Å². The summed E-state index contributed by atoms with van der Waals surface area (Å²) in [7, 11) is -1.74. The molecule has 0 radical (unpaired) electrons. The molecule has 1 aromatic heterocycles. The molecule has 2 rings (SSSR count). The van der Waals surface area contributed by atoms with Gasteiger partial charge in [-0.25, -0.2) is 4.79 Å². The Hall–Kier alpha value is -2.16. The van der Waals surface area contributed by atoms with Gasteiger partial charge in [0.05, 0.1) is 17.9 Å². The van der Waals surface area contributed by atoms with Crippen LogP contribution in [-0.2, 0) is 17.6 Å². The normalized spacial score (nSPS) is 11.7. The summed E-state index contributed by atoms with van der Waals surface area (Å²) in [6.07, 6.45) is 0.274. The Balaban J connectivity index is 2.02. The predicted octanol–water partition coefficient (Wildman–Crippen LogP) is 0.728. The first-order valence-electron chi connectivity index (χ1n) is 6.94. The molecule has 0 aliphatic heterocycles. The van der Waals surface area contributed by atoms with Crippen LogP contribution < -0.4 is 5.32 Å². The van der Waals surface area contributed by atoms with Crippen molar-refractivity contribution in [2.45, 2.75) is 18.8 Å². The smallest absolute Gasteiger partial charge is 0.475 e. The fourth-order valence-corrected chi connectivity index (χ4v) is 2.82. The van der Waals surface area contributed by atoms with Crippen LogP contribution in [0.2, 0.25) is 0 Å². The van der Waals surface area contributed by atoms with Gasteiger partial charge in [-0.1, -0.05) is 12.1 Å². The topological polar surface area (TPSA) is 107 Å². The Labute approximate surface area is 137 Å². The SMILES string of the molecule is O=C(Cc1ccsc1)NC(Cc1cccc(C(=O)O)c1)B(O)O. The number of hydrogen-bond acceptors (Lipinski definition) is 5. The highest BCUT2D eigenvalue weighted by molar-refractivity contribution is 7.08. The Morgan fingerprint density at radius 3 is 2.61 bits per heavy atom. The number of thiophene rings is 1. The van der Waals surface area contributed by atoms with E-state index in [1.165, 1.54) is 23.5 Å². The quantitative estimate of drug-likeness (QED) is 0.559. The van der Waals surface area contributed by atoms with E-state index in [1.54, 1.807) is 12.1 Å². The summed E-state index contributed by atoms with van der Waals surface area (Å²) in [5, 5.41) is 34.2. The average molecular weight is 333 g/mol. The van der Waals surface area contributed by atoms with Gasteiger partial charge in [0.15, 0.2) is 0 Å². The summed E-state index contributed by atoms with van der Waals surface area (Å²) in [6, 6.07) is 7.97. The maximum absolute atomic E-state index is 12.0. The van der Waals surface area contributed by atoms with Crippen LogP contribution in [0.4, 0.5) is 0 Å². The van der Waals surface area contributed by atoms with Crippen molar-refractivity contribution in [3.63, 3.8) is 0 Å². The third-order valence-corrected chi connectivity index (χ3v) is 4.01. The molecule has 0 aliphatic rings. The van der Waals surface area contributed by atoms with E-state index in [9.17, 15) is 19.6 Å². The minimum absolute atomic E-state index is 0.110. The number of carbonyl (C=O) groups is 2. The lowest BCUT2D eigenvalue weighted by Gasteiger charge is -2.18. The minimum Gasteiger partial charge on any atom is -0.478 e. The minimum atomic E-state index is -1.74. The number of rotatable bonds is 7. The fourth-order valence-electron chi connectivity index (χ4n) is 2.15. The van der Waals surface area contributed by atoms with Crippen molar-refractivity contribution >= 4 is 30.3 Å². The van der Waals surface area contributed by atoms with Gasteiger partial charge in [0.1, 0.15) is 0 Å². The average Bonchev–Trinajstić information content (AvgIpc) is 2.99. The molecule has 4 N–H and O–H groups in total. The maximum atomic E-state index is 12.0. The Morgan fingerprint density at radius 1 is 1.22 bits per heavy atom. The van der Waals surface area contributed by atoms with Gasteiger partial charge in [0, 0.05) is 0 Å².